The van der Waals surface area contributed by atoms with Gasteiger partial charge in [-0.2, -0.15) is 0 Å². The van der Waals surface area contributed by atoms with Gasteiger partial charge in [0, 0.05) is 29.5 Å². The molecule has 2 atom stereocenters. The Bertz CT molecular complexity index is 1230. The number of aryl methyl sites for hydroxylation is 1. The van der Waals surface area contributed by atoms with Gasteiger partial charge in [0.05, 0.1) is 11.2 Å². The zero-order valence-corrected chi connectivity index (χ0v) is 18.4. The molecule has 10 heteroatoms. The molecule has 2 unspecified atom stereocenters. The summed E-state index contributed by atoms with van der Waals surface area (Å²) in [4.78, 5) is 32.5. The minimum atomic E-state index is -1.38. The second-order valence-corrected chi connectivity index (χ2v) is 7.94. The van der Waals surface area contributed by atoms with Crippen molar-refractivity contribution >= 4 is 28.6 Å². The molecule has 0 radical (unpaired) electrons. The molecule has 34 heavy (non-hydrogen) atoms. The summed E-state index contributed by atoms with van der Waals surface area (Å²) < 4.78 is 5.99. The van der Waals surface area contributed by atoms with Gasteiger partial charge in [0.15, 0.2) is 0 Å². The first-order valence-corrected chi connectivity index (χ1v) is 10.7. The van der Waals surface area contributed by atoms with E-state index in [0.29, 0.717) is 24.5 Å². The fourth-order valence-electron chi connectivity index (χ4n) is 3.87. The first-order valence-electron chi connectivity index (χ1n) is 10.7. The van der Waals surface area contributed by atoms with Crippen molar-refractivity contribution in [2.75, 3.05) is 0 Å². The number of ether oxygens (including phenoxy) is 1. The van der Waals surface area contributed by atoms with E-state index in [-0.39, 0.29) is 6.42 Å². The minimum Gasteiger partial charge on any atom is -0.489 e. The third kappa shape index (κ3) is 5.41. The largest absolute Gasteiger partial charge is 0.489 e. The number of oxime groups is 1. The van der Waals surface area contributed by atoms with Gasteiger partial charge in [-0.25, -0.2) is 10.3 Å². The van der Waals surface area contributed by atoms with Crippen LogP contribution in [0, 0.1) is 6.92 Å². The van der Waals surface area contributed by atoms with Crippen LogP contribution in [0.15, 0.2) is 59.8 Å². The Kier molecular flexibility index (Phi) is 6.88. The van der Waals surface area contributed by atoms with E-state index < -0.39 is 24.1 Å². The van der Waals surface area contributed by atoms with Gasteiger partial charge in [-0.3, -0.25) is 15.0 Å². The van der Waals surface area contributed by atoms with E-state index in [2.05, 4.69) is 15.5 Å². The predicted octanol–water partition coefficient (Wildman–Crippen LogP) is 3.15. The average Bonchev–Trinajstić information content (AvgIpc) is 3.30. The molecule has 0 aliphatic carbocycles. The van der Waals surface area contributed by atoms with Crippen molar-refractivity contribution < 1.29 is 29.5 Å². The standard InChI is InChI=1S/C24H24N4O6/c1-14-10-16(19-4-2-3-5-20(19)25-14)13-33-17-8-6-15(7-9-17)21-11-18(34-28-21)12-22(23(29)27-32)26-24(30)31/h2-10,18,22,26,32H,11-13H2,1H3,(H,27,29)(H,30,31). The highest BCUT2D eigenvalue weighted by atomic mass is 16.6. The molecule has 176 valence electrons. The monoisotopic (exact) mass is 464 g/mol. The van der Waals surface area contributed by atoms with Crippen molar-refractivity contribution in [1.82, 2.24) is 15.8 Å². The molecule has 2 aromatic carbocycles. The molecule has 0 saturated heterocycles. The van der Waals surface area contributed by atoms with Crippen LogP contribution in [0.3, 0.4) is 0 Å². The van der Waals surface area contributed by atoms with E-state index in [9.17, 15) is 9.59 Å². The lowest BCUT2D eigenvalue weighted by atomic mass is 10.0. The molecule has 2 amide bonds. The molecule has 1 aliphatic heterocycles. The van der Waals surface area contributed by atoms with Crippen molar-refractivity contribution in [3.8, 4) is 5.75 Å². The summed E-state index contributed by atoms with van der Waals surface area (Å²) in [6, 6.07) is 16.2. The lowest BCUT2D eigenvalue weighted by molar-refractivity contribution is -0.132. The number of pyridine rings is 1. The predicted molar refractivity (Wildman–Crippen MR) is 123 cm³/mol. The van der Waals surface area contributed by atoms with Crippen LogP contribution in [-0.4, -0.2) is 45.2 Å². The van der Waals surface area contributed by atoms with Crippen LogP contribution < -0.4 is 15.5 Å². The number of benzene rings is 2. The van der Waals surface area contributed by atoms with Crippen LogP contribution in [0.1, 0.15) is 29.7 Å². The summed E-state index contributed by atoms with van der Waals surface area (Å²) in [7, 11) is 0. The van der Waals surface area contributed by atoms with Gasteiger partial charge < -0.3 is 20.0 Å². The zero-order chi connectivity index (χ0) is 24.1. The van der Waals surface area contributed by atoms with Crippen LogP contribution in [0.5, 0.6) is 5.75 Å². The van der Waals surface area contributed by atoms with Crippen LogP contribution in [0.4, 0.5) is 4.79 Å². The molecule has 4 N–H and O–H groups in total. The van der Waals surface area contributed by atoms with Crippen LogP contribution >= 0.6 is 0 Å². The van der Waals surface area contributed by atoms with Crippen molar-refractivity contribution in [2.45, 2.75) is 38.5 Å². The number of carbonyl (C=O) groups excluding carboxylic acids is 1. The molecule has 2 heterocycles. The molecule has 0 saturated carbocycles. The second-order valence-electron chi connectivity index (χ2n) is 7.94. The van der Waals surface area contributed by atoms with Gasteiger partial charge >= 0.3 is 6.09 Å². The van der Waals surface area contributed by atoms with E-state index in [1.807, 2.05) is 61.5 Å². The van der Waals surface area contributed by atoms with Gasteiger partial charge in [0.25, 0.3) is 5.91 Å². The second kappa shape index (κ2) is 10.2. The Labute approximate surface area is 195 Å². The number of nitrogens with zero attached hydrogens (tertiary/aromatic N) is 2. The van der Waals surface area contributed by atoms with E-state index in [1.54, 1.807) is 0 Å². The minimum absolute atomic E-state index is 0.0200. The number of hydrogen-bond acceptors (Lipinski definition) is 7. The van der Waals surface area contributed by atoms with Crippen molar-refractivity contribution in [3.63, 3.8) is 0 Å². The number of amides is 2. The molecular weight excluding hydrogens is 440 g/mol. The highest BCUT2D eigenvalue weighted by Crippen LogP contribution is 2.24. The molecule has 10 nitrogen and oxygen atoms in total. The number of aromatic nitrogens is 1. The molecule has 0 fully saturated rings. The van der Waals surface area contributed by atoms with Gasteiger partial charge in [0.1, 0.15) is 24.5 Å². The first-order chi connectivity index (χ1) is 16.4. The van der Waals surface area contributed by atoms with E-state index >= 15 is 0 Å². The van der Waals surface area contributed by atoms with Crippen molar-refractivity contribution in [3.05, 3.63) is 71.4 Å². The average molecular weight is 464 g/mol. The number of fused-ring (bicyclic) bond motifs is 1. The zero-order valence-electron chi connectivity index (χ0n) is 18.4. The number of rotatable bonds is 8. The Morgan fingerprint density at radius 2 is 1.97 bits per heavy atom. The molecule has 0 bridgehead atoms. The van der Waals surface area contributed by atoms with E-state index in [4.69, 9.17) is 19.9 Å². The van der Waals surface area contributed by atoms with Crippen LogP contribution in [0.2, 0.25) is 0 Å². The third-order valence-corrected chi connectivity index (χ3v) is 5.47. The smallest absolute Gasteiger partial charge is 0.405 e. The van der Waals surface area contributed by atoms with Crippen molar-refractivity contribution in [2.24, 2.45) is 5.16 Å². The van der Waals surface area contributed by atoms with Gasteiger partial charge in [0.2, 0.25) is 0 Å². The molecule has 0 spiro atoms. The normalized spacial score (nSPS) is 15.8. The molecule has 4 rings (SSSR count). The number of carboxylic acid groups (broad SMARTS) is 1. The first kappa shape index (κ1) is 23.0. The fraction of sp³-hybridized carbons (Fsp3) is 0.250. The maximum Gasteiger partial charge on any atom is 0.405 e. The summed E-state index contributed by atoms with van der Waals surface area (Å²) in [6.07, 6.45) is -1.48. The summed E-state index contributed by atoms with van der Waals surface area (Å²) in [6.45, 7) is 2.36. The third-order valence-electron chi connectivity index (χ3n) is 5.47. The highest BCUT2D eigenvalue weighted by Gasteiger charge is 2.30. The Morgan fingerprint density at radius 3 is 2.71 bits per heavy atom. The maximum atomic E-state index is 11.7. The number of hydrogen-bond donors (Lipinski definition) is 4. The number of hydroxylamine groups is 1. The number of nitrogens with one attached hydrogen (secondary N) is 2. The topological polar surface area (TPSA) is 142 Å². The van der Waals surface area contributed by atoms with E-state index in [1.165, 1.54) is 5.48 Å². The SMILES string of the molecule is Cc1cc(COc2ccc(C3=NOC(CC(NC(=O)O)C(=O)NO)C3)cc2)c2ccccc2n1. The van der Waals surface area contributed by atoms with Gasteiger partial charge in [-0.15, -0.1) is 0 Å². The summed E-state index contributed by atoms with van der Waals surface area (Å²) >= 11 is 0. The Balaban J connectivity index is 1.36. The molecular formula is C24H24N4O6. The quantitative estimate of drug-likeness (QED) is 0.296. The molecule has 1 aliphatic rings. The summed E-state index contributed by atoms with van der Waals surface area (Å²) in [5.74, 6) is -0.165. The lowest BCUT2D eigenvalue weighted by Gasteiger charge is -2.17. The van der Waals surface area contributed by atoms with Gasteiger partial charge in [-0.1, -0.05) is 23.4 Å². The Hall–Kier alpha value is -4.18. The van der Waals surface area contributed by atoms with Crippen molar-refractivity contribution in [1.29, 1.82) is 0 Å². The van der Waals surface area contributed by atoms with E-state index in [0.717, 1.165) is 27.7 Å². The van der Waals surface area contributed by atoms with Crippen LogP contribution in [-0.2, 0) is 16.2 Å². The molecule has 3 aromatic rings. The summed E-state index contributed by atoms with van der Waals surface area (Å²) in [5, 5.41) is 24.9. The highest BCUT2D eigenvalue weighted by molar-refractivity contribution is 6.01. The molecule has 1 aromatic heterocycles. The fourth-order valence-corrected chi connectivity index (χ4v) is 3.87. The maximum absolute atomic E-state index is 11.7. The Morgan fingerprint density at radius 1 is 1.21 bits per heavy atom. The number of carbonyl (C=O) groups is 2. The summed E-state index contributed by atoms with van der Waals surface area (Å²) in [5.41, 5.74) is 5.87. The number of para-hydroxylation sites is 1. The van der Waals surface area contributed by atoms with Crippen LogP contribution in [0.25, 0.3) is 10.9 Å². The lowest BCUT2D eigenvalue weighted by Crippen LogP contribution is -2.47. The van der Waals surface area contributed by atoms with Gasteiger partial charge in [-0.05, 0) is 48.9 Å².